The van der Waals surface area contributed by atoms with E-state index in [4.69, 9.17) is 16.6 Å². The van der Waals surface area contributed by atoms with Gasteiger partial charge in [0.05, 0.1) is 11.7 Å². The summed E-state index contributed by atoms with van der Waals surface area (Å²) in [5, 5.41) is 7.48. The van der Waals surface area contributed by atoms with E-state index in [-0.39, 0.29) is 6.04 Å². The van der Waals surface area contributed by atoms with E-state index in [1.165, 1.54) is 18.4 Å². The Kier molecular flexibility index (Phi) is 4.48. The van der Waals surface area contributed by atoms with Crippen LogP contribution in [0.3, 0.4) is 0 Å². The third-order valence-electron chi connectivity index (χ3n) is 3.90. The van der Waals surface area contributed by atoms with E-state index in [1.807, 2.05) is 18.2 Å². The molecule has 21 heavy (non-hydrogen) atoms. The average Bonchev–Trinajstić information content (AvgIpc) is 3.20. The summed E-state index contributed by atoms with van der Waals surface area (Å²) in [5.41, 5.74) is 2.34. The van der Waals surface area contributed by atoms with Gasteiger partial charge in [-0.1, -0.05) is 23.7 Å². The van der Waals surface area contributed by atoms with Crippen LogP contribution in [0.2, 0.25) is 5.02 Å². The molecule has 1 atom stereocenters. The maximum Gasteiger partial charge on any atom is 0.185 e. The van der Waals surface area contributed by atoms with E-state index >= 15 is 0 Å². The lowest BCUT2D eigenvalue weighted by Gasteiger charge is -2.24. The van der Waals surface area contributed by atoms with Crippen molar-refractivity contribution in [1.82, 2.24) is 10.3 Å². The Balaban J connectivity index is 1.67. The zero-order valence-corrected chi connectivity index (χ0v) is 13.9. The molecule has 0 spiro atoms. The van der Waals surface area contributed by atoms with Crippen molar-refractivity contribution in [1.29, 1.82) is 0 Å². The molecule has 1 unspecified atom stereocenters. The Morgan fingerprint density at radius 1 is 1.48 bits per heavy atom. The van der Waals surface area contributed by atoms with Crippen LogP contribution in [-0.2, 0) is 6.54 Å². The highest BCUT2D eigenvalue weighted by Crippen LogP contribution is 2.29. The predicted octanol–water partition coefficient (Wildman–Crippen LogP) is 4.25. The maximum absolute atomic E-state index is 6.08. The van der Waals surface area contributed by atoms with Crippen LogP contribution in [0.15, 0.2) is 29.6 Å². The predicted molar refractivity (Wildman–Crippen MR) is 90.2 cm³/mol. The zero-order chi connectivity index (χ0) is 14.8. The van der Waals surface area contributed by atoms with Crippen molar-refractivity contribution < 1.29 is 0 Å². The molecule has 1 fully saturated rings. The molecular formula is C16H20ClN3S. The molecule has 1 aromatic carbocycles. The molecule has 0 bridgehead atoms. The van der Waals surface area contributed by atoms with Gasteiger partial charge < -0.3 is 10.2 Å². The van der Waals surface area contributed by atoms with Crippen molar-refractivity contribution in [3.05, 3.63) is 45.9 Å². The van der Waals surface area contributed by atoms with Crippen molar-refractivity contribution in [2.24, 2.45) is 0 Å². The van der Waals surface area contributed by atoms with Gasteiger partial charge in [-0.2, -0.15) is 0 Å². The van der Waals surface area contributed by atoms with Crippen molar-refractivity contribution >= 4 is 28.1 Å². The monoisotopic (exact) mass is 321 g/mol. The number of aromatic nitrogens is 1. The summed E-state index contributed by atoms with van der Waals surface area (Å²) in [6.07, 6.45) is 2.62. The third kappa shape index (κ3) is 3.76. The van der Waals surface area contributed by atoms with Crippen LogP contribution in [0.25, 0.3) is 0 Å². The van der Waals surface area contributed by atoms with Gasteiger partial charge in [-0.3, -0.25) is 0 Å². The molecular weight excluding hydrogens is 302 g/mol. The van der Waals surface area contributed by atoms with Crippen molar-refractivity contribution in [3.63, 3.8) is 0 Å². The van der Waals surface area contributed by atoms with Gasteiger partial charge in [0.25, 0.3) is 0 Å². The molecule has 1 heterocycles. The van der Waals surface area contributed by atoms with Gasteiger partial charge in [0, 0.05) is 30.0 Å². The number of benzene rings is 1. The molecule has 3 rings (SSSR count). The highest BCUT2D eigenvalue weighted by atomic mass is 35.5. The van der Waals surface area contributed by atoms with E-state index < -0.39 is 0 Å². The molecule has 0 amide bonds. The number of hydrogen-bond donors (Lipinski definition) is 1. The molecule has 0 radical (unpaired) electrons. The van der Waals surface area contributed by atoms with E-state index in [9.17, 15) is 0 Å². The molecule has 3 nitrogen and oxygen atoms in total. The second kappa shape index (κ2) is 6.34. The quantitative estimate of drug-likeness (QED) is 0.862. The Bertz CT molecular complexity index is 609. The lowest BCUT2D eigenvalue weighted by molar-refractivity contribution is 0.674. The van der Waals surface area contributed by atoms with Crippen molar-refractivity contribution in [3.8, 4) is 0 Å². The SMILES string of the molecule is CC(c1cccc(Cl)c1)N(C)c1nc(CNC2CC2)cs1. The second-order valence-corrected chi connectivity index (χ2v) is 6.89. The first-order valence-electron chi connectivity index (χ1n) is 7.29. The summed E-state index contributed by atoms with van der Waals surface area (Å²) in [6, 6.07) is 9.00. The van der Waals surface area contributed by atoms with Crippen LogP contribution in [0, 0.1) is 0 Å². The van der Waals surface area contributed by atoms with Gasteiger partial charge in [0.2, 0.25) is 0 Å². The van der Waals surface area contributed by atoms with E-state index in [2.05, 4.69) is 35.6 Å². The molecule has 1 aromatic heterocycles. The van der Waals surface area contributed by atoms with Crippen LogP contribution in [0.1, 0.15) is 37.1 Å². The minimum absolute atomic E-state index is 0.249. The number of nitrogens with one attached hydrogen (secondary N) is 1. The topological polar surface area (TPSA) is 28.2 Å². The fourth-order valence-corrected chi connectivity index (χ4v) is 3.30. The van der Waals surface area contributed by atoms with Gasteiger partial charge in [-0.05, 0) is 37.5 Å². The second-order valence-electron chi connectivity index (χ2n) is 5.62. The van der Waals surface area contributed by atoms with Gasteiger partial charge in [0.1, 0.15) is 0 Å². The van der Waals surface area contributed by atoms with Gasteiger partial charge in [0.15, 0.2) is 5.13 Å². The Labute approximate surface area is 135 Å². The first-order chi connectivity index (χ1) is 10.1. The lowest BCUT2D eigenvalue weighted by Crippen LogP contribution is -2.21. The smallest absolute Gasteiger partial charge is 0.185 e. The first-order valence-corrected chi connectivity index (χ1v) is 8.55. The van der Waals surface area contributed by atoms with E-state index in [0.717, 1.165) is 28.4 Å². The molecule has 112 valence electrons. The molecule has 5 heteroatoms. The molecule has 1 aliphatic rings. The summed E-state index contributed by atoms with van der Waals surface area (Å²) >= 11 is 7.78. The Morgan fingerprint density at radius 3 is 3.00 bits per heavy atom. The van der Waals surface area contributed by atoms with E-state index in [1.54, 1.807) is 11.3 Å². The summed E-state index contributed by atoms with van der Waals surface area (Å²) < 4.78 is 0. The normalized spacial score (nSPS) is 16.0. The molecule has 0 aliphatic heterocycles. The average molecular weight is 322 g/mol. The van der Waals surface area contributed by atoms with Crippen LogP contribution in [0.4, 0.5) is 5.13 Å². The molecule has 0 saturated heterocycles. The summed E-state index contributed by atoms with van der Waals surface area (Å²) in [7, 11) is 2.09. The zero-order valence-electron chi connectivity index (χ0n) is 12.3. The lowest BCUT2D eigenvalue weighted by atomic mass is 10.1. The summed E-state index contributed by atoms with van der Waals surface area (Å²) in [4.78, 5) is 6.93. The van der Waals surface area contributed by atoms with Crippen LogP contribution < -0.4 is 10.2 Å². The molecule has 1 aliphatic carbocycles. The summed E-state index contributed by atoms with van der Waals surface area (Å²) in [6.45, 7) is 3.05. The fourth-order valence-electron chi connectivity index (χ4n) is 2.23. The standard InChI is InChI=1S/C16H20ClN3S/c1-11(12-4-3-5-13(17)8-12)20(2)16-19-15(10-21-16)9-18-14-6-7-14/h3-5,8,10-11,14,18H,6-7,9H2,1-2H3. The Hall–Kier alpha value is -1.10. The van der Waals surface area contributed by atoms with Gasteiger partial charge in [-0.15, -0.1) is 11.3 Å². The van der Waals surface area contributed by atoms with E-state index in [0.29, 0.717) is 0 Å². The van der Waals surface area contributed by atoms with Gasteiger partial charge >= 0.3 is 0 Å². The van der Waals surface area contributed by atoms with Crippen molar-refractivity contribution in [2.45, 2.75) is 38.4 Å². The molecule has 1 N–H and O–H groups in total. The number of halogens is 1. The highest BCUT2D eigenvalue weighted by Gasteiger charge is 2.21. The molecule has 1 saturated carbocycles. The van der Waals surface area contributed by atoms with Crippen LogP contribution in [0.5, 0.6) is 0 Å². The van der Waals surface area contributed by atoms with Gasteiger partial charge in [-0.25, -0.2) is 4.98 Å². The number of nitrogens with zero attached hydrogens (tertiary/aromatic N) is 2. The number of rotatable bonds is 6. The number of anilines is 1. The van der Waals surface area contributed by atoms with Crippen LogP contribution in [-0.4, -0.2) is 18.1 Å². The highest BCUT2D eigenvalue weighted by molar-refractivity contribution is 7.13. The van der Waals surface area contributed by atoms with Crippen LogP contribution >= 0.6 is 22.9 Å². The first kappa shape index (κ1) is 14.8. The maximum atomic E-state index is 6.08. The summed E-state index contributed by atoms with van der Waals surface area (Å²) in [5.74, 6) is 0. The number of hydrogen-bond acceptors (Lipinski definition) is 4. The largest absolute Gasteiger partial charge is 0.344 e. The Morgan fingerprint density at radius 2 is 2.29 bits per heavy atom. The molecule has 2 aromatic rings. The minimum atomic E-state index is 0.249. The third-order valence-corrected chi connectivity index (χ3v) is 5.12. The minimum Gasteiger partial charge on any atom is -0.344 e. The number of thiazole rings is 1. The van der Waals surface area contributed by atoms with Crippen molar-refractivity contribution in [2.75, 3.05) is 11.9 Å². The fraction of sp³-hybridized carbons (Fsp3) is 0.438.